The van der Waals surface area contributed by atoms with Gasteiger partial charge in [-0.1, -0.05) is 19.3 Å². The van der Waals surface area contributed by atoms with Crippen LogP contribution in [0.2, 0.25) is 0 Å². The Morgan fingerprint density at radius 2 is 2.00 bits per heavy atom. The minimum Gasteiger partial charge on any atom is -0.469 e. The summed E-state index contributed by atoms with van der Waals surface area (Å²) < 4.78 is 5.35. The Hall–Kier alpha value is -1.05. The minimum atomic E-state index is 0.0619. The van der Waals surface area contributed by atoms with E-state index in [-0.39, 0.29) is 5.43 Å². The topological polar surface area (TPSA) is 30.2 Å². The highest BCUT2D eigenvalue weighted by molar-refractivity contribution is 5.06. The van der Waals surface area contributed by atoms with Crippen LogP contribution in [0.1, 0.15) is 43.8 Å². The molecule has 70 valence electrons. The second kappa shape index (κ2) is 3.77. The molecule has 13 heavy (non-hydrogen) atoms. The Morgan fingerprint density at radius 1 is 1.23 bits per heavy atom. The Kier molecular flexibility index (Phi) is 2.48. The van der Waals surface area contributed by atoms with Crippen molar-refractivity contribution in [1.82, 2.24) is 0 Å². The first-order chi connectivity index (χ1) is 6.36. The first kappa shape index (κ1) is 8.54. The number of hydrogen-bond donors (Lipinski definition) is 0. The molecule has 0 radical (unpaired) electrons. The molecule has 1 saturated carbocycles. The Morgan fingerprint density at radius 3 is 2.69 bits per heavy atom. The fourth-order valence-electron chi connectivity index (χ4n) is 2.00. The zero-order valence-electron chi connectivity index (χ0n) is 7.66. The summed E-state index contributed by atoms with van der Waals surface area (Å²) in [4.78, 5) is 11.1. The van der Waals surface area contributed by atoms with Crippen molar-refractivity contribution in [2.24, 2.45) is 0 Å². The van der Waals surface area contributed by atoms with E-state index in [0.29, 0.717) is 5.92 Å². The van der Waals surface area contributed by atoms with Crippen LogP contribution in [-0.4, -0.2) is 0 Å². The average molecular weight is 178 g/mol. The van der Waals surface area contributed by atoms with Gasteiger partial charge < -0.3 is 4.42 Å². The molecule has 0 unspecified atom stereocenters. The van der Waals surface area contributed by atoms with Gasteiger partial charge in [-0.15, -0.1) is 0 Å². The summed E-state index contributed by atoms with van der Waals surface area (Å²) in [6.07, 6.45) is 7.71. The third-order valence-corrected chi connectivity index (χ3v) is 2.73. The summed E-state index contributed by atoms with van der Waals surface area (Å²) in [6, 6.07) is 3.10. The van der Waals surface area contributed by atoms with Gasteiger partial charge in [0.05, 0.1) is 6.26 Å². The van der Waals surface area contributed by atoms with Crippen LogP contribution < -0.4 is 5.43 Å². The highest BCUT2D eigenvalue weighted by Crippen LogP contribution is 2.31. The first-order valence-corrected chi connectivity index (χ1v) is 4.95. The normalized spacial score (nSPS) is 18.8. The summed E-state index contributed by atoms with van der Waals surface area (Å²) in [5.74, 6) is 1.37. The molecule has 0 spiro atoms. The first-order valence-electron chi connectivity index (χ1n) is 4.95. The van der Waals surface area contributed by atoms with Crippen LogP contribution in [0.25, 0.3) is 0 Å². The van der Waals surface area contributed by atoms with Crippen molar-refractivity contribution >= 4 is 0 Å². The molecule has 0 atom stereocenters. The second-order valence-electron chi connectivity index (χ2n) is 3.70. The fourth-order valence-corrected chi connectivity index (χ4v) is 2.00. The maximum absolute atomic E-state index is 11.1. The molecular weight excluding hydrogens is 164 g/mol. The summed E-state index contributed by atoms with van der Waals surface area (Å²) >= 11 is 0. The van der Waals surface area contributed by atoms with Crippen LogP contribution in [0.3, 0.4) is 0 Å². The summed E-state index contributed by atoms with van der Waals surface area (Å²) in [5, 5.41) is 0. The van der Waals surface area contributed by atoms with E-state index < -0.39 is 0 Å². The van der Waals surface area contributed by atoms with Crippen molar-refractivity contribution in [3.8, 4) is 0 Å². The molecule has 1 fully saturated rings. The maximum Gasteiger partial charge on any atom is 0.185 e. The van der Waals surface area contributed by atoms with Gasteiger partial charge in [0.1, 0.15) is 5.76 Å². The van der Waals surface area contributed by atoms with E-state index in [9.17, 15) is 4.79 Å². The molecule has 2 nitrogen and oxygen atoms in total. The van der Waals surface area contributed by atoms with Gasteiger partial charge in [-0.2, -0.15) is 0 Å². The SMILES string of the molecule is O=c1ccoc(C2CCCCC2)c1. The van der Waals surface area contributed by atoms with E-state index in [1.165, 1.54) is 44.4 Å². The number of hydrogen-bond acceptors (Lipinski definition) is 2. The van der Waals surface area contributed by atoms with E-state index in [0.717, 1.165) is 5.76 Å². The van der Waals surface area contributed by atoms with Crippen molar-refractivity contribution in [1.29, 1.82) is 0 Å². The summed E-state index contributed by atoms with van der Waals surface area (Å²) in [5.41, 5.74) is 0.0619. The third-order valence-electron chi connectivity index (χ3n) is 2.73. The predicted molar refractivity (Wildman–Crippen MR) is 50.8 cm³/mol. The monoisotopic (exact) mass is 178 g/mol. The molecule has 1 aromatic heterocycles. The van der Waals surface area contributed by atoms with Crippen LogP contribution in [0.5, 0.6) is 0 Å². The smallest absolute Gasteiger partial charge is 0.185 e. The highest BCUT2D eigenvalue weighted by atomic mass is 16.3. The van der Waals surface area contributed by atoms with E-state index in [4.69, 9.17) is 4.42 Å². The van der Waals surface area contributed by atoms with Gasteiger partial charge in [0.15, 0.2) is 5.43 Å². The Labute approximate surface area is 77.6 Å². The maximum atomic E-state index is 11.1. The van der Waals surface area contributed by atoms with Crippen molar-refractivity contribution in [2.75, 3.05) is 0 Å². The fraction of sp³-hybridized carbons (Fsp3) is 0.545. The molecule has 2 rings (SSSR count). The predicted octanol–water partition coefficient (Wildman–Crippen LogP) is 2.69. The van der Waals surface area contributed by atoms with Crippen LogP contribution in [0.15, 0.2) is 27.6 Å². The molecule has 0 aliphatic heterocycles. The largest absolute Gasteiger partial charge is 0.469 e. The van der Waals surface area contributed by atoms with E-state index in [1.54, 1.807) is 6.07 Å². The summed E-state index contributed by atoms with van der Waals surface area (Å²) in [7, 11) is 0. The lowest BCUT2D eigenvalue weighted by Gasteiger charge is -2.19. The standard InChI is InChI=1S/C11H14O2/c12-10-6-7-13-11(8-10)9-4-2-1-3-5-9/h6-9H,1-5H2. The molecule has 0 aromatic carbocycles. The van der Waals surface area contributed by atoms with Crippen molar-refractivity contribution in [2.45, 2.75) is 38.0 Å². The zero-order valence-corrected chi connectivity index (χ0v) is 7.66. The molecule has 0 N–H and O–H groups in total. The molecule has 1 aliphatic carbocycles. The third kappa shape index (κ3) is 2.00. The zero-order chi connectivity index (χ0) is 9.10. The van der Waals surface area contributed by atoms with Crippen molar-refractivity contribution in [3.63, 3.8) is 0 Å². The Balaban J connectivity index is 2.19. The van der Waals surface area contributed by atoms with Crippen LogP contribution in [0.4, 0.5) is 0 Å². The molecular formula is C11H14O2. The molecule has 0 amide bonds. The quantitative estimate of drug-likeness (QED) is 0.661. The molecule has 1 aliphatic rings. The van der Waals surface area contributed by atoms with Gasteiger partial charge >= 0.3 is 0 Å². The lowest BCUT2D eigenvalue weighted by molar-refractivity contribution is 0.366. The lowest BCUT2D eigenvalue weighted by Crippen LogP contribution is -2.07. The average Bonchev–Trinajstić information content (AvgIpc) is 2.19. The number of rotatable bonds is 1. The molecule has 0 saturated heterocycles. The molecule has 1 heterocycles. The van der Waals surface area contributed by atoms with Gasteiger partial charge in [0.2, 0.25) is 0 Å². The van der Waals surface area contributed by atoms with Crippen molar-refractivity contribution < 1.29 is 4.42 Å². The van der Waals surface area contributed by atoms with Gasteiger partial charge in [0.25, 0.3) is 0 Å². The summed E-state index contributed by atoms with van der Waals surface area (Å²) in [6.45, 7) is 0. The van der Waals surface area contributed by atoms with Gasteiger partial charge in [-0.05, 0) is 12.8 Å². The second-order valence-corrected chi connectivity index (χ2v) is 3.70. The molecule has 2 heteroatoms. The van der Waals surface area contributed by atoms with E-state index in [1.807, 2.05) is 0 Å². The van der Waals surface area contributed by atoms with Crippen LogP contribution >= 0.6 is 0 Å². The van der Waals surface area contributed by atoms with Crippen LogP contribution in [0, 0.1) is 0 Å². The van der Waals surface area contributed by atoms with Gasteiger partial charge in [-0.25, -0.2) is 0 Å². The lowest BCUT2D eigenvalue weighted by atomic mass is 9.87. The van der Waals surface area contributed by atoms with E-state index >= 15 is 0 Å². The minimum absolute atomic E-state index is 0.0619. The molecule has 1 aromatic rings. The molecule has 0 bridgehead atoms. The van der Waals surface area contributed by atoms with Gasteiger partial charge in [-0.3, -0.25) is 4.79 Å². The highest BCUT2D eigenvalue weighted by Gasteiger charge is 2.17. The van der Waals surface area contributed by atoms with E-state index in [2.05, 4.69) is 0 Å². The van der Waals surface area contributed by atoms with Gasteiger partial charge in [0, 0.05) is 18.1 Å². The van der Waals surface area contributed by atoms with Crippen LogP contribution in [-0.2, 0) is 0 Å². The Bertz CT molecular complexity index is 321. The van der Waals surface area contributed by atoms with Crippen molar-refractivity contribution in [3.05, 3.63) is 34.4 Å².